The molecule has 3 rings (SSSR count). The van der Waals surface area contributed by atoms with Crippen molar-refractivity contribution in [3.63, 3.8) is 0 Å². The Morgan fingerprint density at radius 3 is 2.59 bits per heavy atom. The molecular weight excluding hydrogens is 362 g/mol. The summed E-state index contributed by atoms with van der Waals surface area (Å²) in [6.45, 7) is 1.36. The Morgan fingerprint density at radius 2 is 1.89 bits per heavy atom. The van der Waals surface area contributed by atoms with Crippen LogP contribution >= 0.6 is 0 Å². The highest BCUT2D eigenvalue weighted by Crippen LogP contribution is 2.31. The molecule has 2 heterocycles. The molecule has 7 heteroatoms. The normalized spacial score (nSPS) is 18.4. The van der Waals surface area contributed by atoms with Gasteiger partial charge in [-0.3, -0.25) is 9.69 Å². The molecule has 1 aromatic carbocycles. The molecule has 0 aliphatic carbocycles. The van der Waals surface area contributed by atoms with Gasteiger partial charge in [0, 0.05) is 26.3 Å². The summed E-state index contributed by atoms with van der Waals surface area (Å²) in [5.41, 5.74) is 1.68. The molecular formula is C20H27N3O3S. The second kappa shape index (κ2) is 8.27. The molecule has 0 unspecified atom stereocenters. The maximum atomic E-state index is 12.6. The molecule has 27 heavy (non-hydrogen) atoms. The molecule has 1 fully saturated rings. The predicted octanol–water partition coefficient (Wildman–Crippen LogP) is 2.39. The average Bonchev–Trinajstić information content (AvgIpc) is 3.08. The Hall–Kier alpha value is -2.12. The van der Waals surface area contributed by atoms with Gasteiger partial charge >= 0.3 is 0 Å². The van der Waals surface area contributed by atoms with Crippen LogP contribution in [-0.4, -0.2) is 49.7 Å². The van der Waals surface area contributed by atoms with Crippen molar-refractivity contribution in [1.82, 2.24) is 14.8 Å². The van der Waals surface area contributed by atoms with Crippen LogP contribution in [-0.2, 0) is 16.9 Å². The van der Waals surface area contributed by atoms with Crippen LogP contribution < -0.4 is 5.32 Å². The van der Waals surface area contributed by atoms with Gasteiger partial charge in [-0.25, -0.2) is 8.42 Å². The van der Waals surface area contributed by atoms with Crippen LogP contribution in [0.4, 0.5) is 0 Å². The van der Waals surface area contributed by atoms with E-state index in [1.54, 1.807) is 31.3 Å². The first-order chi connectivity index (χ1) is 12.9. The van der Waals surface area contributed by atoms with Crippen molar-refractivity contribution in [3.05, 3.63) is 53.9 Å². The van der Waals surface area contributed by atoms with E-state index in [-0.39, 0.29) is 17.7 Å². The summed E-state index contributed by atoms with van der Waals surface area (Å²) in [4.78, 5) is 14.6. The first kappa shape index (κ1) is 19.6. The molecule has 0 saturated carbocycles. The molecule has 1 saturated heterocycles. The summed E-state index contributed by atoms with van der Waals surface area (Å²) in [7, 11) is 0.217. The van der Waals surface area contributed by atoms with E-state index in [0.29, 0.717) is 17.1 Å². The highest BCUT2D eigenvalue weighted by Gasteiger charge is 2.28. The summed E-state index contributed by atoms with van der Waals surface area (Å²) in [5.74, 6) is -0.0157. The van der Waals surface area contributed by atoms with Gasteiger partial charge in [-0.15, -0.1) is 0 Å². The lowest BCUT2D eigenvalue weighted by molar-refractivity contribution is 0.0953. The number of likely N-dealkylation sites (tertiary alicyclic amines) is 1. The van der Waals surface area contributed by atoms with E-state index in [1.165, 1.54) is 0 Å². The Balaban J connectivity index is 1.77. The van der Waals surface area contributed by atoms with E-state index in [1.807, 2.05) is 29.8 Å². The number of piperidine rings is 1. The van der Waals surface area contributed by atoms with E-state index >= 15 is 0 Å². The number of amides is 1. The van der Waals surface area contributed by atoms with E-state index in [9.17, 15) is 13.2 Å². The van der Waals surface area contributed by atoms with Crippen molar-refractivity contribution in [2.75, 3.05) is 25.9 Å². The summed E-state index contributed by atoms with van der Waals surface area (Å²) in [5, 5.41) is 2.66. The zero-order valence-electron chi connectivity index (χ0n) is 15.9. The lowest BCUT2D eigenvalue weighted by Crippen LogP contribution is -2.37. The van der Waals surface area contributed by atoms with Crippen molar-refractivity contribution in [1.29, 1.82) is 0 Å². The van der Waals surface area contributed by atoms with Gasteiger partial charge in [-0.1, -0.05) is 24.6 Å². The number of carbonyl (C=O) groups is 1. The number of hydrogen-bond donors (Lipinski definition) is 1. The number of benzene rings is 1. The second-order valence-corrected chi connectivity index (χ2v) is 9.07. The van der Waals surface area contributed by atoms with Gasteiger partial charge in [-0.2, -0.15) is 0 Å². The molecule has 1 N–H and O–H groups in total. The minimum atomic E-state index is -3.30. The number of carbonyl (C=O) groups excluding carboxylic acids is 1. The largest absolute Gasteiger partial charge is 0.354 e. The number of nitrogens with one attached hydrogen (secondary N) is 1. The van der Waals surface area contributed by atoms with Gasteiger partial charge < -0.3 is 9.88 Å². The lowest BCUT2D eigenvalue weighted by Gasteiger charge is -2.36. The van der Waals surface area contributed by atoms with Gasteiger partial charge in [0.25, 0.3) is 5.91 Å². The van der Waals surface area contributed by atoms with Crippen LogP contribution in [0.2, 0.25) is 0 Å². The molecule has 1 aromatic heterocycles. The average molecular weight is 390 g/mol. The second-order valence-electron chi connectivity index (χ2n) is 6.96. The lowest BCUT2D eigenvalue weighted by atomic mass is 9.99. The molecule has 0 spiro atoms. The molecule has 1 aliphatic rings. The van der Waals surface area contributed by atoms with Crippen LogP contribution in [0, 0.1) is 0 Å². The van der Waals surface area contributed by atoms with Crippen molar-refractivity contribution in [2.45, 2.75) is 30.2 Å². The van der Waals surface area contributed by atoms with Gasteiger partial charge in [0.1, 0.15) is 5.69 Å². The minimum Gasteiger partial charge on any atom is -0.354 e. The zero-order chi connectivity index (χ0) is 19.4. The van der Waals surface area contributed by atoms with Crippen molar-refractivity contribution in [3.8, 4) is 0 Å². The van der Waals surface area contributed by atoms with Crippen LogP contribution in [0.25, 0.3) is 0 Å². The molecule has 1 atom stereocenters. The first-order valence-corrected chi connectivity index (χ1v) is 11.0. The molecule has 0 bridgehead atoms. The van der Waals surface area contributed by atoms with E-state index in [2.05, 4.69) is 10.2 Å². The number of aromatic nitrogens is 1. The first-order valence-electron chi connectivity index (χ1n) is 9.33. The fourth-order valence-corrected chi connectivity index (χ4v) is 5.08. The summed E-state index contributed by atoms with van der Waals surface area (Å²) >= 11 is 0. The smallest absolute Gasteiger partial charge is 0.267 e. The molecule has 6 nitrogen and oxygen atoms in total. The monoisotopic (exact) mass is 389 g/mol. The summed E-state index contributed by atoms with van der Waals surface area (Å²) < 4.78 is 27.2. The van der Waals surface area contributed by atoms with E-state index in [0.717, 1.165) is 31.5 Å². The third-order valence-corrected chi connectivity index (χ3v) is 7.04. The predicted molar refractivity (Wildman–Crippen MR) is 105 cm³/mol. The topological polar surface area (TPSA) is 71.4 Å². The maximum Gasteiger partial charge on any atom is 0.267 e. The zero-order valence-corrected chi connectivity index (χ0v) is 16.7. The van der Waals surface area contributed by atoms with Gasteiger partial charge in [0.15, 0.2) is 9.84 Å². The highest BCUT2D eigenvalue weighted by atomic mass is 32.2. The highest BCUT2D eigenvalue weighted by molar-refractivity contribution is 7.91. The third kappa shape index (κ3) is 4.25. The summed E-state index contributed by atoms with van der Waals surface area (Å²) in [6.07, 6.45) is 3.14. The minimum absolute atomic E-state index is 0.0975. The SMILES string of the molecule is CNC(=O)c1ccc([C@H]2CCCCN2CCS(=O)(=O)c2ccccc2)n1C. The van der Waals surface area contributed by atoms with Gasteiger partial charge in [-0.05, 0) is 43.7 Å². The van der Waals surface area contributed by atoms with Crippen LogP contribution in [0.5, 0.6) is 0 Å². The van der Waals surface area contributed by atoms with Gasteiger partial charge in [0.05, 0.1) is 16.7 Å². The number of sulfone groups is 1. The molecule has 2 aromatic rings. The Bertz CT molecular complexity index is 890. The van der Waals surface area contributed by atoms with Crippen molar-refractivity contribution < 1.29 is 13.2 Å². The van der Waals surface area contributed by atoms with Crippen LogP contribution in [0.1, 0.15) is 41.5 Å². The quantitative estimate of drug-likeness (QED) is 0.823. The Morgan fingerprint density at radius 1 is 1.15 bits per heavy atom. The fraction of sp³-hybridized carbons (Fsp3) is 0.450. The third-order valence-electron chi connectivity index (χ3n) is 5.32. The van der Waals surface area contributed by atoms with Gasteiger partial charge in [0.2, 0.25) is 0 Å². The Labute approximate surface area is 161 Å². The molecule has 0 radical (unpaired) electrons. The molecule has 146 valence electrons. The number of hydrogen-bond acceptors (Lipinski definition) is 4. The fourth-order valence-electron chi connectivity index (χ4n) is 3.79. The van der Waals surface area contributed by atoms with Crippen LogP contribution in [0.15, 0.2) is 47.4 Å². The summed E-state index contributed by atoms with van der Waals surface area (Å²) in [6, 6.07) is 12.6. The molecule has 1 aliphatic heterocycles. The molecule has 1 amide bonds. The maximum absolute atomic E-state index is 12.6. The van der Waals surface area contributed by atoms with Crippen LogP contribution in [0.3, 0.4) is 0 Å². The van der Waals surface area contributed by atoms with E-state index < -0.39 is 9.84 Å². The number of nitrogens with zero attached hydrogens (tertiary/aromatic N) is 2. The number of rotatable bonds is 6. The Kier molecular flexibility index (Phi) is 6.01. The van der Waals surface area contributed by atoms with Crippen molar-refractivity contribution in [2.24, 2.45) is 7.05 Å². The standard InChI is InChI=1S/C20H27N3O3S/c1-21-20(24)19-12-11-17(22(19)2)18-10-6-7-13-23(18)14-15-27(25,26)16-8-4-3-5-9-16/h3-5,8-9,11-12,18H,6-7,10,13-15H2,1-2H3,(H,21,24)/t18-/m1/s1. The van der Waals surface area contributed by atoms with E-state index in [4.69, 9.17) is 0 Å². The van der Waals surface area contributed by atoms with Crippen molar-refractivity contribution >= 4 is 15.7 Å².